The predicted molar refractivity (Wildman–Crippen MR) is 77.7 cm³/mol. The van der Waals surface area contributed by atoms with Gasteiger partial charge < -0.3 is 19.7 Å². The molecule has 0 aromatic carbocycles. The van der Waals surface area contributed by atoms with Gasteiger partial charge in [-0.2, -0.15) is 0 Å². The van der Waals surface area contributed by atoms with Gasteiger partial charge in [0.25, 0.3) is 0 Å². The molecule has 0 radical (unpaired) electrons. The summed E-state index contributed by atoms with van der Waals surface area (Å²) in [6, 6.07) is 0.0836. The van der Waals surface area contributed by atoms with Gasteiger partial charge in [-0.05, 0) is 31.6 Å². The topological polar surface area (TPSA) is 50.8 Å². The first-order valence-corrected chi connectivity index (χ1v) is 7.81. The van der Waals surface area contributed by atoms with Crippen molar-refractivity contribution in [1.29, 1.82) is 0 Å². The molecule has 0 aromatic rings. The van der Waals surface area contributed by atoms with Gasteiger partial charge in [-0.25, -0.2) is 4.79 Å². The highest BCUT2D eigenvalue weighted by molar-refractivity contribution is 5.74. The SMILES string of the molecule is CC(COC1CCOC1)NC(=O)N1CCC(C)C(C)C1. The Bertz CT molecular complexity index is 318. The quantitative estimate of drug-likeness (QED) is 0.857. The minimum Gasteiger partial charge on any atom is -0.379 e. The largest absolute Gasteiger partial charge is 0.379 e. The Balaban J connectivity index is 1.67. The maximum Gasteiger partial charge on any atom is 0.317 e. The molecule has 1 N–H and O–H groups in total. The average Bonchev–Trinajstić information content (AvgIpc) is 2.92. The number of rotatable bonds is 4. The van der Waals surface area contributed by atoms with Gasteiger partial charge in [0, 0.05) is 19.7 Å². The van der Waals surface area contributed by atoms with Gasteiger partial charge in [-0.1, -0.05) is 13.8 Å². The van der Waals surface area contributed by atoms with Crippen LogP contribution in [0, 0.1) is 11.8 Å². The molecule has 2 saturated heterocycles. The van der Waals surface area contributed by atoms with E-state index in [0.717, 1.165) is 32.5 Å². The van der Waals surface area contributed by atoms with Gasteiger partial charge in [0.2, 0.25) is 0 Å². The standard InChI is InChI=1S/C15H28N2O3/c1-11-4-6-17(8-12(11)2)15(18)16-13(3)9-20-14-5-7-19-10-14/h11-14H,4-10H2,1-3H3,(H,16,18). The van der Waals surface area contributed by atoms with Crippen LogP contribution in [0.25, 0.3) is 0 Å². The molecule has 0 spiro atoms. The molecular formula is C15H28N2O3. The lowest BCUT2D eigenvalue weighted by atomic mass is 9.89. The molecule has 2 fully saturated rings. The van der Waals surface area contributed by atoms with Crippen LogP contribution in [0.5, 0.6) is 0 Å². The van der Waals surface area contributed by atoms with Crippen molar-refractivity contribution in [2.24, 2.45) is 11.8 Å². The molecule has 2 heterocycles. The summed E-state index contributed by atoms with van der Waals surface area (Å²) in [5.74, 6) is 1.29. The van der Waals surface area contributed by atoms with E-state index in [-0.39, 0.29) is 18.2 Å². The van der Waals surface area contributed by atoms with Gasteiger partial charge >= 0.3 is 6.03 Å². The molecular weight excluding hydrogens is 256 g/mol. The summed E-state index contributed by atoms with van der Waals surface area (Å²) in [5.41, 5.74) is 0. The second-order valence-corrected chi connectivity index (χ2v) is 6.36. The van der Waals surface area contributed by atoms with Crippen molar-refractivity contribution in [1.82, 2.24) is 10.2 Å². The lowest BCUT2D eigenvalue weighted by Crippen LogP contribution is -2.50. The van der Waals surface area contributed by atoms with E-state index < -0.39 is 0 Å². The fourth-order valence-corrected chi connectivity index (χ4v) is 2.72. The zero-order valence-electron chi connectivity index (χ0n) is 12.9. The smallest absolute Gasteiger partial charge is 0.317 e. The number of carbonyl (C=O) groups excluding carboxylic acids is 1. The van der Waals surface area contributed by atoms with Crippen molar-refractivity contribution < 1.29 is 14.3 Å². The Morgan fingerprint density at radius 3 is 2.85 bits per heavy atom. The molecule has 0 saturated carbocycles. The molecule has 2 rings (SSSR count). The van der Waals surface area contributed by atoms with E-state index >= 15 is 0 Å². The van der Waals surface area contributed by atoms with Crippen LogP contribution in [0.2, 0.25) is 0 Å². The van der Waals surface area contributed by atoms with Crippen LogP contribution < -0.4 is 5.32 Å². The molecule has 5 nitrogen and oxygen atoms in total. The minimum atomic E-state index is 0.0396. The summed E-state index contributed by atoms with van der Waals surface area (Å²) in [5, 5.41) is 3.03. The number of hydrogen-bond donors (Lipinski definition) is 1. The van der Waals surface area contributed by atoms with Crippen molar-refractivity contribution in [3.63, 3.8) is 0 Å². The molecule has 2 aliphatic heterocycles. The maximum absolute atomic E-state index is 12.2. The first kappa shape index (κ1) is 15.6. The Morgan fingerprint density at radius 2 is 2.20 bits per heavy atom. The van der Waals surface area contributed by atoms with E-state index in [1.54, 1.807) is 0 Å². The highest BCUT2D eigenvalue weighted by atomic mass is 16.5. The molecule has 4 atom stereocenters. The molecule has 2 aliphatic rings. The van der Waals surface area contributed by atoms with E-state index in [9.17, 15) is 4.79 Å². The molecule has 2 amide bonds. The predicted octanol–water partition coefficient (Wildman–Crippen LogP) is 1.87. The van der Waals surface area contributed by atoms with Crippen LogP contribution in [0.4, 0.5) is 4.79 Å². The second kappa shape index (κ2) is 7.27. The summed E-state index contributed by atoms with van der Waals surface area (Å²) in [7, 11) is 0. The van der Waals surface area contributed by atoms with Crippen molar-refractivity contribution in [3.8, 4) is 0 Å². The lowest BCUT2D eigenvalue weighted by Gasteiger charge is -2.35. The highest BCUT2D eigenvalue weighted by Gasteiger charge is 2.26. The molecule has 0 aliphatic carbocycles. The second-order valence-electron chi connectivity index (χ2n) is 6.36. The van der Waals surface area contributed by atoms with E-state index in [2.05, 4.69) is 19.2 Å². The molecule has 5 heteroatoms. The van der Waals surface area contributed by atoms with Crippen LogP contribution in [0.15, 0.2) is 0 Å². The Kier molecular flexibility index (Phi) is 5.66. The third-order valence-corrected chi connectivity index (χ3v) is 4.46. The number of ether oxygens (including phenoxy) is 2. The summed E-state index contributed by atoms with van der Waals surface area (Å²) in [6.07, 6.45) is 2.26. The number of amides is 2. The summed E-state index contributed by atoms with van der Waals surface area (Å²) in [6.45, 7) is 10.2. The van der Waals surface area contributed by atoms with E-state index in [4.69, 9.17) is 9.47 Å². The number of nitrogens with zero attached hydrogens (tertiary/aromatic N) is 1. The van der Waals surface area contributed by atoms with Gasteiger partial charge in [-0.15, -0.1) is 0 Å². The third-order valence-electron chi connectivity index (χ3n) is 4.46. The zero-order chi connectivity index (χ0) is 14.5. The number of nitrogens with one attached hydrogen (secondary N) is 1. The fourth-order valence-electron chi connectivity index (χ4n) is 2.72. The minimum absolute atomic E-state index is 0.0396. The monoisotopic (exact) mass is 284 g/mol. The molecule has 20 heavy (non-hydrogen) atoms. The number of hydrogen-bond acceptors (Lipinski definition) is 3. The highest BCUT2D eigenvalue weighted by Crippen LogP contribution is 2.22. The van der Waals surface area contributed by atoms with Gasteiger partial charge in [0.15, 0.2) is 0 Å². The molecule has 0 aromatic heterocycles. The normalized spacial score (nSPS) is 32.1. The van der Waals surface area contributed by atoms with Crippen molar-refractivity contribution in [2.75, 3.05) is 32.9 Å². The van der Waals surface area contributed by atoms with Crippen molar-refractivity contribution >= 4 is 6.03 Å². The number of piperidine rings is 1. The first-order valence-electron chi connectivity index (χ1n) is 7.81. The fraction of sp³-hybridized carbons (Fsp3) is 0.933. The maximum atomic E-state index is 12.2. The van der Waals surface area contributed by atoms with Crippen LogP contribution in [0.1, 0.15) is 33.6 Å². The summed E-state index contributed by atoms with van der Waals surface area (Å²) in [4.78, 5) is 14.1. The molecule has 116 valence electrons. The van der Waals surface area contributed by atoms with Crippen molar-refractivity contribution in [2.45, 2.75) is 45.8 Å². The Morgan fingerprint density at radius 1 is 1.40 bits per heavy atom. The molecule has 4 unspecified atom stereocenters. The van der Waals surface area contributed by atoms with Gasteiger partial charge in [0.05, 0.1) is 25.4 Å². The third kappa shape index (κ3) is 4.35. The Hall–Kier alpha value is -0.810. The van der Waals surface area contributed by atoms with Crippen molar-refractivity contribution in [3.05, 3.63) is 0 Å². The number of likely N-dealkylation sites (tertiary alicyclic amines) is 1. The lowest BCUT2D eigenvalue weighted by molar-refractivity contribution is 0.0325. The van der Waals surface area contributed by atoms with Crippen LogP contribution in [0.3, 0.4) is 0 Å². The van der Waals surface area contributed by atoms with Crippen LogP contribution in [-0.2, 0) is 9.47 Å². The van der Waals surface area contributed by atoms with Crippen LogP contribution >= 0.6 is 0 Å². The summed E-state index contributed by atoms with van der Waals surface area (Å²) >= 11 is 0. The first-order chi connectivity index (χ1) is 9.56. The van der Waals surface area contributed by atoms with E-state index in [1.165, 1.54) is 0 Å². The van der Waals surface area contributed by atoms with Gasteiger partial charge in [0.1, 0.15) is 0 Å². The average molecular weight is 284 g/mol. The van der Waals surface area contributed by atoms with E-state index in [1.807, 2.05) is 11.8 Å². The van der Waals surface area contributed by atoms with E-state index in [0.29, 0.717) is 25.0 Å². The van der Waals surface area contributed by atoms with Gasteiger partial charge in [-0.3, -0.25) is 0 Å². The zero-order valence-corrected chi connectivity index (χ0v) is 12.9. The van der Waals surface area contributed by atoms with Crippen LogP contribution in [-0.4, -0.2) is 56.0 Å². The number of urea groups is 1. The number of carbonyl (C=O) groups is 1. The molecule has 0 bridgehead atoms. The Labute approximate surface area is 122 Å². The summed E-state index contributed by atoms with van der Waals surface area (Å²) < 4.78 is 11.0.